The number of ether oxygens (including phenoxy) is 1. The molecule has 8 nitrogen and oxygen atoms in total. The molecule has 3 N–H and O–H groups in total. The van der Waals surface area contributed by atoms with E-state index in [0.29, 0.717) is 11.2 Å². The van der Waals surface area contributed by atoms with E-state index in [0.717, 1.165) is 5.56 Å². The zero-order valence-corrected chi connectivity index (χ0v) is 11.6. The highest BCUT2D eigenvalue weighted by Crippen LogP contribution is 2.31. The van der Waals surface area contributed by atoms with Crippen LogP contribution in [0.15, 0.2) is 18.6 Å². The third-order valence-electron chi connectivity index (χ3n) is 3.68. The van der Waals surface area contributed by atoms with Crippen molar-refractivity contribution in [2.24, 2.45) is 0 Å². The average molecular weight is 292 g/mol. The summed E-state index contributed by atoms with van der Waals surface area (Å²) >= 11 is 0. The summed E-state index contributed by atoms with van der Waals surface area (Å²) in [6, 6.07) is 1.83. The average Bonchev–Trinajstić information content (AvgIpc) is 3.02. The van der Waals surface area contributed by atoms with Gasteiger partial charge in [-0.3, -0.25) is 9.36 Å². The summed E-state index contributed by atoms with van der Waals surface area (Å²) in [7, 11) is 1.44. The number of imidazole rings is 1. The summed E-state index contributed by atoms with van der Waals surface area (Å²) in [6.07, 6.45) is -1.48. The van der Waals surface area contributed by atoms with Crippen molar-refractivity contribution in [2.75, 3.05) is 7.05 Å². The molecule has 1 amide bonds. The topological polar surface area (TPSA) is 110 Å². The van der Waals surface area contributed by atoms with Gasteiger partial charge < -0.3 is 20.3 Å². The van der Waals surface area contributed by atoms with E-state index in [4.69, 9.17) is 4.74 Å². The molecular weight excluding hydrogens is 276 g/mol. The van der Waals surface area contributed by atoms with Crippen LogP contribution < -0.4 is 5.32 Å². The van der Waals surface area contributed by atoms with Crippen molar-refractivity contribution < 1.29 is 19.7 Å². The minimum atomic E-state index is -1.31. The van der Waals surface area contributed by atoms with Gasteiger partial charge in [-0.15, -0.1) is 0 Å². The van der Waals surface area contributed by atoms with Crippen LogP contribution in [0, 0.1) is 6.92 Å². The minimum absolute atomic E-state index is 0.488. The number of carbonyl (C=O) groups is 1. The summed E-state index contributed by atoms with van der Waals surface area (Å²) < 4.78 is 7.03. The second-order valence-electron chi connectivity index (χ2n) is 4.99. The van der Waals surface area contributed by atoms with Crippen LogP contribution >= 0.6 is 0 Å². The van der Waals surface area contributed by atoms with Crippen molar-refractivity contribution in [1.82, 2.24) is 19.9 Å². The smallest absolute Gasteiger partial charge is 0.251 e. The molecule has 0 aromatic carbocycles. The Morgan fingerprint density at radius 1 is 1.38 bits per heavy atom. The molecule has 4 atom stereocenters. The Morgan fingerprint density at radius 3 is 2.86 bits per heavy atom. The second-order valence-corrected chi connectivity index (χ2v) is 4.99. The molecule has 3 rings (SSSR count). The van der Waals surface area contributed by atoms with Crippen molar-refractivity contribution in [3.63, 3.8) is 0 Å². The molecule has 0 saturated carbocycles. The number of aliphatic hydroxyl groups excluding tert-OH is 2. The largest absolute Gasteiger partial charge is 0.387 e. The van der Waals surface area contributed by atoms with Gasteiger partial charge in [-0.05, 0) is 18.6 Å². The molecule has 8 heteroatoms. The van der Waals surface area contributed by atoms with E-state index >= 15 is 0 Å². The number of carbonyl (C=O) groups excluding carboxylic acids is 1. The van der Waals surface area contributed by atoms with E-state index in [9.17, 15) is 15.0 Å². The van der Waals surface area contributed by atoms with E-state index in [-0.39, 0.29) is 0 Å². The zero-order chi connectivity index (χ0) is 15.1. The number of rotatable bonds is 2. The summed E-state index contributed by atoms with van der Waals surface area (Å²) in [6.45, 7) is 1.90. The van der Waals surface area contributed by atoms with Crippen LogP contribution in [-0.4, -0.2) is 56.0 Å². The first-order valence-electron chi connectivity index (χ1n) is 6.56. The van der Waals surface area contributed by atoms with Crippen molar-refractivity contribution in [3.05, 3.63) is 24.2 Å². The predicted molar refractivity (Wildman–Crippen MR) is 72.3 cm³/mol. The number of amides is 1. The summed E-state index contributed by atoms with van der Waals surface area (Å²) in [5, 5.41) is 22.5. The van der Waals surface area contributed by atoms with Gasteiger partial charge in [0.05, 0.1) is 6.33 Å². The maximum absolute atomic E-state index is 11.7. The van der Waals surface area contributed by atoms with Crippen LogP contribution in [0.1, 0.15) is 11.8 Å². The lowest BCUT2D eigenvalue weighted by atomic mass is 10.1. The molecule has 0 unspecified atom stereocenters. The van der Waals surface area contributed by atoms with Gasteiger partial charge in [-0.25, -0.2) is 9.97 Å². The molecular formula is C13H16N4O4. The van der Waals surface area contributed by atoms with Crippen LogP contribution in [0.25, 0.3) is 11.2 Å². The van der Waals surface area contributed by atoms with Crippen LogP contribution in [0.2, 0.25) is 0 Å². The molecule has 2 aromatic rings. The number of aryl methyl sites for hydroxylation is 1. The van der Waals surface area contributed by atoms with E-state index in [2.05, 4.69) is 15.3 Å². The van der Waals surface area contributed by atoms with Crippen LogP contribution in [0.5, 0.6) is 0 Å². The monoisotopic (exact) mass is 292 g/mol. The number of nitrogens with one attached hydrogen (secondary N) is 1. The lowest BCUT2D eigenvalue weighted by Crippen LogP contribution is -2.41. The Labute approximate surface area is 120 Å². The number of nitrogens with zero attached hydrogens (tertiary/aromatic N) is 3. The first-order valence-corrected chi connectivity index (χ1v) is 6.56. The van der Waals surface area contributed by atoms with Gasteiger partial charge in [0.15, 0.2) is 18.0 Å². The molecule has 3 heterocycles. The van der Waals surface area contributed by atoms with Gasteiger partial charge in [0.1, 0.15) is 17.7 Å². The number of likely N-dealkylation sites (N-methyl/N-ethyl adjacent to an activating group) is 1. The number of hydrogen-bond donors (Lipinski definition) is 3. The van der Waals surface area contributed by atoms with Crippen molar-refractivity contribution in [3.8, 4) is 0 Å². The Kier molecular flexibility index (Phi) is 3.36. The van der Waals surface area contributed by atoms with Gasteiger partial charge in [-0.1, -0.05) is 0 Å². The van der Waals surface area contributed by atoms with Crippen molar-refractivity contribution in [2.45, 2.75) is 31.5 Å². The Morgan fingerprint density at radius 2 is 2.14 bits per heavy atom. The molecule has 21 heavy (non-hydrogen) atoms. The van der Waals surface area contributed by atoms with Gasteiger partial charge >= 0.3 is 0 Å². The standard InChI is InChI=1S/C13H16N4O4/c1-6-3-4-15-11-7(6)16-5-17(11)13-9(19)8(18)10(21-13)12(20)14-2/h3-5,8-10,13,18-19H,1-2H3,(H,14,20)/t8-,9+,10-,13+/m0/s1. The van der Waals surface area contributed by atoms with Gasteiger partial charge in [0, 0.05) is 13.2 Å². The highest BCUT2D eigenvalue weighted by atomic mass is 16.6. The number of aromatic nitrogens is 3. The number of hydrogen-bond acceptors (Lipinski definition) is 6. The lowest BCUT2D eigenvalue weighted by Gasteiger charge is -2.16. The Bertz CT molecular complexity index is 686. The SMILES string of the molecule is CNC(=O)[C@H]1O[C@@H](n2cnc3c(C)ccnc32)[C@H](O)[C@@H]1O. The number of fused-ring (bicyclic) bond motifs is 1. The van der Waals surface area contributed by atoms with Crippen molar-refractivity contribution >= 4 is 17.1 Å². The second kappa shape index (κ2) is 5.06. The first-order chi connectivity index (χ1) is 10.0. The van der Waals surface area contributed by atoms with Gasteiger partial charge in [0.25, 0.3) is 5.91 Å². The number of aliphatic hydroxyl groups is 2. The highest BCUT2D eigenvalue weighted by molar-refractivity contribution is 5.81. The van der Waals surface area contributed by atoms with Crippen LogP contribution in [0.3, 0.4) is 0 Å². The minimum Gasteiger partial charge on any atom is -0.387 e. The highest BCUT2D eigenvalue weighted by Gasteiger charge is 2.47. The van der Waals surface area contributed by atoms with Crippen LogP contribution in [-0.2, 0) is 9.53 Å². The van der Waals surface area contributed by atoms with E-state index in [1.807, 2.05) is 13.0 Å². The fraction of sp³-hybridized carbons (Fsp3) is 0.462. The van der Waals surface area contributed by atoms with Gasteiger partial charge in [-0.2, -0.15) is 0 Å². The summed E-state index contributed by atoms with van der Waals surface area (Å²) in [4.78, 5) is 20.1. The lowest BCUT2D eigenvalue weighted by molar-refractivity contribution is -0.137. The third-order valence-corrected chi connectivity index (χ3v) is 3.68. The molecule has 1 aliphatic heterocycles. The molecule has 112 valence electrons. The van der Waals surface area contributed by atoms with E-state index < -0.39 is 30.4 Å². The first kappa shape index (κ1) is 13.9. The quantitative estimate of drug-likeness (QED) is 0.662. The fourth-order valence-electron chi connectivity index (χ4n) is 2.49. The molecule has 0 aliphatic carbocycles. The molecule has 0 bridgehead atoms. The summed E-state index contributed by atoms with van der Waals surface area (Å²) in [5.74, 6) is -0.488. The number of pyridine rings is 1. The molecule has 0 spiro atoms. The van der Waals surface area contributed by atoms with Crippen molar-refractivity contribution in [1.29, 1.82) is 0 Å². The Hall–Kier alpha value is -2.03. The van der Waals surface area contributed by atoms with E-state index in [1.165, 1.54) is 17.9 Å². The fourth-order valence-corrected chi connectivity index (χ4v) is 2.49. The molecule has 1 fully saturated rings. The third kappa shape index (κ3) is 2.08. The summed E-state index contributed by atoms with van der Waals surface area (Å²) in [5.41, 5.74) is 2.16. The maximum atomic E-state index is 11.7. The maximum Gasteiger partial charge on any atom is 0.251 e. The molecule has 1 aliphatic rings. The zero-order valence-electron chi connectivity index (χ0n) is 11.6. The predicted octanol–water partition coefficient (Wildman–Crippen LogP) is -0.895. The molecule has 2 aromatic heterocycles. The van der Waals surface area contributed by atoms with Crippen LogP contribution in [0.4, 0.5) is 0 Å². The molecule has 0 radical (unpaired) electrons. The Balaban J connectivity index is 2.00. The molecule has 1 saturated heterocycles. The normalized spacial score (nSPS) is 29.0. The van der Waals surface area contributed by atoms with Gasteiger partial charge in [0.2, 0.25) is 0 Å². The van der Waals surface area contributed by atoms with E-state index in [1.54, 1.807) is 6.20 Å².